The van der Waals surface area contributed by atoms with Crippen LogP contribution in [0.2, 0.25) is 0 Å². The predicted octanol–water partition coefficient (Wildman–Crippen LogP) is 8.55. The van der Waals surface area contributed by atoms with E-state index in [-0.39, 0.29) is 12.5 Å². The highest BCUT2D eigenvalue weighted by Crippen LogP contribution is 2.38. The number of nitrogens with zero attached hydrogens (tertiary/aromatic N) is 1. The second kappa shape index (κ2) is 29.8. The Morgan fingerprint density at radius 2 is 1.26 bits per heavy atom. The van der Waals surface area contributed by atoms with Gasteiger partial charge in [0.2, 0.25) is 5.91 Å². The maximum absolute atomic E-state index is 12.7. The van der Waals surface area contributed by atoms with Gasteiger partial charge in [0.15, 0.2) is 0 Å². The highest BCUT2D eigenvalue weighted by atomic mass is 31.2. The van der Waals surface area contributed by atoms with Gasteiger partial charge in [-0.05, 0) is 44.9 Å². The minimum absolute atomic E-state index is 0.0113. The molecule has 0 saturated heterocycles. The number of allylic oxidation sites excluding steroid dienone is 5. The second-order valence-corrected chi connectivity index (χ2v) is 15.0. The van der Waals surface area contributed by atoms with Crippen molar-refractivity contribution in [2.45, 2.75) is 154 Å². The van der Waals surface area contributed by atoms with Crippen LogP contribution in [-0.4, -0.2) is 68.5 Å². The number of hydrogen-bond acceptors (Lipinski definition) is 6. The van der Waals surface area contributed by atoms with E-state index >= 15 is 0 Å². The third-order valence-corrected chi connectivity index (χ3v) is 8.84. The van der Waals surface area contributed by atoms with Gasteiger partial charge in [-0.15, -0.1) is 0 Å². The van der Waals surface area contributed by atoms with E-state index in [1.807, 2.05) is 27.2 Å². The van der Waals surface area contributed by atoms with E-state index in [2.05, 4.69) is 37.4 Å². The van der Waals surface area contributed by atoms with Crippen molar-refractivity contribution >= 4 is 13.7 Å². The van der Waals surface area contributed by atoms with Crippen molar-refractivity contribution in [1.82, 2.24) is 5.32 Å². The molecule has 46 heavy (non-hydrogen) atoms. The zero-order valence-corrected chi connectivity index (χ0v) is 31.2. The summed E-state index contributed by atoms with van der Waals surface area (Å²) in [4.78, 5) is 25.1. The standard InChI is InChI=1S/C37H71N2O6P/c1-6-8-10-12-14-16-18-19-20-21-23-25-27-29-31-37(41)38-35(34-45-46(42,43)44-33-32-39(3,4)5)36(40)30-28-26-24-22-17-15-13-11-9-7-2/h18-19,24,26,28,30,35-36,40H,6-17,20-23,25,27,29,31-34H2,1-5H3,(H-,38,41,42,43)/b19-18+,26-24+,30-28+/t35-,36+/m0/s1. The van der Waals surface area contributed by atoms with E-state index in [0.717, 1.165) is 51.4 Å². The van der Waals surface area contributed by atoms with Gasteiger partial charge in [-0.1, -0.05) is 127 Å². The molecule has 0 fully saturated rings. The minimum Gasteiger partial charge on any atom is -0.756 e. The summed E-state index contributed by atoms with van der Waals surface area (Å²) in [7, 11) is 1.22. The molecule has 8 nitrogen and oxygen atoms in total. The zero-order valence-electron chi connectivity index (χ0n) is 30.3. The van der Waals surface area contributed by atoms with Crippen LogP contribution in [0.1, 0.15) is 142 Å². The number of hydrogen-bond donors (Lipinski definition) is 2. The Bertz CT molecular complexity index is 855. The number of carbonyl (C=O) groups excluding carboxylic acids is 1. The number of carbonyl (C=O) groups is 1. The summed E-state index contributed by atoms with van der Waals surface area (Å²) in [6.07, 6.45) is 33.4. The molecule has 0 heterocycles. The molecule has 3 atom stereocenters. The third kappa shape index (κ3) is 31.3. The molecular formula is C37H71N2O6P. The van der Waals surface area contributed by atoms with Crippen LogP contribution in [0.4, 0.5) is 0 Å². The fourth-order valence-corrected chi connectivity index (χ4v) is 5.57. The summed E-state index contributed by atoms with van der Waals surface area (Å²) >= 11 is 0. The van der Waals surface area contributed by atoms with E-state index in [0.29, 0.717) is 17.4 Å². The Labute approximate surface area is 283 Å². The number of phosphoric acid groups is 1. The van der Waals surface area contributed by atoms with Crippen LogP contribution in [0.15, 0.2) is 36.5 Å². The molecule has 0 spiro atoms. The average molecular weight is 671 g/mol. The highest BCUT2D eigenvalue weighted by molar-refractivity contribution is 7.45. The molecule has 9 heteroatoms. The fourth-order valence-electron chi connectivity index (χ4n) is 4.85. The summed E-state index contributed by atoms with van der Waals surface area (Å²) in [6.45, 7) is 4.53. The molecule has 0 aromatic carbocycles. The summed E-state index contributed by atoms with van der Waals surface area (Å²) in [5.74, 6) is -0.229. The average Bonchev–Trinajstić information content (AvgIpc) is 2.99. The van der Waals surface area contributed by atoms with Crippen molar-refractivity contribution in [2.24, 2.45) is 0 Å². The molecule has 0 saturated carbocycles. The summed E-state index contributed by atoms with van der Waals surface area (Å²) in [5, 5.41) is 13.6. The van der Waals surface area contributed by atoms with Gasteiger partial charge in [-0.3, -0.25) is 9.36 Å². The zero-order chi connectivity index (χ0) is 34.4. The first kappa shape index (κ1) is 44.7. The first-order chi connectivity index (χ1) is 22.0. The van der Waals surface area contributed by atoms with Gasteiger partial charge in [-0.25, -0.2) is 0 Å². The third-order valence-electron chi connectivity index (χ3n) is 7.88. The molecular weight excluding hydrogens is 599 g/mol. The number of rotatable bonds is 32. The molecule has 0 aliphatic carbocycles. The molecule has 270 valence electrons. The minimum atomic E-state index is -4.59. The molecule has 0 radical (unpaired) electrons. The smallest absolute Gasteiger partial charge is 0.268 e. The number of unbranched alkanes of at least 4 members (excludes halogenated alkanes) is 16. The molecule has 0 aliphatic rings. The lowest BCUT2D eigenvalue weighted by Gasteiger charge is -2.29. The van der Waals surface area contributed by atoms with Crippen LogP contribution in [0.3, 0.4) is 0 Å². The molecule has 0 bridgehead atoms. The van der Waals surface area contributed by atoms with E-state index in [9.17, 15) is 19.4 Å². The van der Waals surface area contributed by atoms with Crippen LogP contribution in [0, 0.1) is 0 Å². The first-order valence-electron chi connectivity index (χ1n) is 18.4. The van der Waals surface area contributed by atoms with Crippen LogP contribution in [0.5, 0.6) is 0 Å². The van der Waals surface area contributed by atoms with E-state index in [1.54, 1.807) is 12.2 Å². The van der Waals surface area contributed by atoms with E-state index in [4.69, 9.17) is 9.05 Å². The molecule has 1 unspecified atom stereocenters. The Kier molecular flexibility index (Phi) is 29.0. The first-order valence-corrected chi connectivity index (χ1v) is 19.8. The topological polar surface area (TPSA) is 108 Å². The van der Waals surface area contributed by atoms with Gasteiger partial charge in [-0.2, -0.15) is 0 Å². The summed E-state index contributed by atoms with van der Waals surface area (Å²) in [6, 6.07) is -0.918. The number of likely N-dealkylation sites (N-methyl/N-ethyl adjacent to an activating group) is 1. The molecule has 0 rings (SSSR count). The van der Waals surface area contributed by atoms with Crippen molar-refractivity contribution in [2.75, 3.05) is 40.9 Å². The number of amides is 1. The van der Waals surface area contributed by atoms with Crippen LogP contribution in [0.25, 0.3) is 0 Å². The number of nitrogens with one attached hydrogen (secondary N) is 1. The quantitative estimate of drug-likeness (QED) is 0.0244. The van der Waals surface area contributed by atoms with E-state index < -0.39 is 26.6 Å². The summed E-state index contributed by atoms with van der Waals surface area (Å²) in [5.41, 5.74) is 0. The molecule has 0 aromatic rings. The van der Waals surface area contributed by atoms with Gasteiger partial charge in [0.25, 0.3) is 7.82 Å². The highest BCUT2D eigenvalue weighted by Gasteiger charge is 2.23. The molecule has 0 aromatic heterocycles. The Morgan fingerprint density at radius 3 is 1.80 bits per heavy atom. The lowest BCUT2D eigenvalue weighted by Crippen LogP contribution is -2.45. The van der Waals surface area contributed by atoms with Crippen LogP contribution < -0.4 is 10.2 Å². The lowest BCUT2D eigenvalue weighted by molar-refractivity contribution is -0.870. The van der Waals surface area contributed by atoms with Gasteiger partial charge in [0, 0.05) is 6.42 Å². The SMILES string of the molecule is CCCCCCC/C=C/CCCCCCCC(=O)N[C@@H](COP(=O)([O-])OCC[N+](C)(C)C)[C@H](O)/C=C/C=C/CCCCCCCC. The number of quaternary nitrogens is 1. The lowest BCUT2D eigenvalue weighted by atomic mass is 10.1. The molecule has 2 N–H and O–H groups in total. The van der Waals surface area contributed by atoms with Crippen LogP contribution in [-0.2, 0) is 18.4 Å². The normalized spacial score (nSPS) is 15.2. The van der Waals surface area contributed by atoms with Gasteiger partial charge in [0.1, 0.15) is 13.2 Å². The monoisotopic (exact) mass is 671 g/mol. The number of phosphoric ester groups is 1. The Balaban J connectivity index is 4.61. The van der Waals surface area contributed by atoms with Crippen LogP contribution >= 0.6 is 7.82 Å². The van der Waals surface area contributed by atoms with Gasteiger partial charge in [0.05, 0.1) is 39.9 Å². The second-order valence-electron chi connectivity index (χ2n) is 13.6. The Morgan fingerprint density at radius 1 is 0.761 bits per heavy atom. The molecule has 0 aliphatic heterocycles. The predicted molar refractivity (Wildman–Crippen MR) is 191 cm³/mol. The number of aliphatic hydroxyl groups excluding tert-OH is 1. The Hall–Kier alpha value is -1.28. The van der Waals surface area contributed by atoms with Crippen molar-refractivity contribution in [3.05, 3.63) is 36.5 Å². The van der Waals surface area contributed by atoms with Gasteiger partial charge < -0.3 is 28.8 Å². The fraction of sp³-hybridized carbons (Fsp3) is 0.811. The largest absolute Gasteiger partial charge is 0.756 e. The number of aliphatic hydroxyl groups is 1. The van der Waals surface area contributed by atoms with Crippen molar-refractivity contribution in [1.29, 1.82) is 0 Å². The molecule has 1 amide bonds. The maximum atomic E-state index is 12.7. The maximum Gasteiger partial charge on any atom is 0.268 e. The van der Waals surface area contributed by atoms with E-state index in [1.165, 1.54) is 70.6 Å². The van der Waals surface area contributed by atoms with Gasteiger partial charge >= 0.3 is 0 Å². The summed E-state index contributed by atoms with van der Waals surface area (Å²) < 4.78 is 23.0. The van der Waals surface area contributed by atoms with Crippen molar-refractivity contribution in [3.63, 3.8) is 0 Å². The van der Waals surface area contributed by atoms with Crippen molar-refractivity contribution < 1.29 is 32.9 Å². The van der Waals surface area contributed by atoms with Crippen molar-refractivity contribution in [3.8, 4) is 0 Å².